The summed E-state index contributed by atoms with van der Waals surface area (Å²) in [6.45, 7) is 2.19. The number of ether oxygens (including phenoxy) is 4. The Bertz CT molecular complexity index is 871. The molecule has 0 N–H and O–H groups in total. The number of rotatable bonds is 7. The van der Waals surface area contributed by atoms with Crippen molar-refractivity contribution in [1.82, 2.24) is 0 Å². The number of esters is 2. The number of unbranched alkanes of at least 4 members (excludes halogenated alkanes) is 1. The Hall–Kier alpha value is -3.02. The molecule has 1 heterocycles. The number of hydrogen-bond acceptors (Lipinski definition) is 6. The highest BCUT2D eigenvalue weighted by molar-refractivity contribution is 5.97. The summed E-state index contributed by atoms with van der Waals surface area (Å²) in [7, 11) is 3.01. The maximum absolute atomic E-state index is 12.3. The number of carbonyl (C=O) groups is 2. The number of methoxy groups -OCH3 is 2. The number of carbonyl (C=O) groups excluding carboxylic acids is 2. The summed E-state index contributed by atoms with van der Waals surface area (Å²) in [6, 6.07) is 8.91. The van der Waals surface area contributed by atoms with Crippen LogP contribution in [-0.4, -0.2) is 26.2 Å². The number of hydrogen-bond donors (Lipinski definition) is 0. The van der Waals surface area contributed by atoms with Crippen LogP contribution in [0.2, 0.25) is 0 Å². The van der Waals surface area contributed by atoms with Gasteiger partial charge < -0.3 is 18.9 Å². The van der Waals surface area contributed by atoms with E-state index in [0.29, 0.717) is 29.0 Å². The van der Waals surface area contributed by atoms with Crippen LogP contribution in [0.3, 0.4) is 0 Å². The molecule has 0 radical (unpaired) electrons. The highest BCUT2D eigenvalue weighted by Crippen LogP contribution is 2.46. The molecule has 0 unspecified atom stereocenters. The molecule has 2 aromatic carbocycles. The van der Waals surface area contributed by atoms with Crippen LogP contribution in [0.4, 0.5) is 0 Å². The van der Waals surface area contributed by atoms with Crippen LogP contribution in [0, 0.1) is 0 Å². The lowest BCUT2D eigenvalue weighted by Gasteiger charge is -2.18. The van der Waals surface area contributed by atoms with Gasteiger partial charge in [0.25, 0.3) is 0 Å². The fourth-order valence-corrected chi connectivity index (χ4v) is 3.10. The second-order valence-corrected chi connectivity index (χ2v) is 6.16. The minimum Gasteiger partial charge on any atom is -0.493 e. The van der Waals surface area contributed by atoms with Gasteiger partial charge in [-0.05, 0) is 30.2 Å². The van der Waals surface area contributed by atoms with Crippen molar-refractivity contribution in [2.45, 2.75) is 32.8 Å². The van der Waals surface area contributed by atoms with E-state index in [4.69, 9.17) is 18.9 Å². The van der Waals surface area contributed by atoms with Gasteiger partial charge in [-0.3, -0.25) is 4.79 Å². The van der Waals surface area contributed by atoms with E-state index in [1.807, 2.05) is 13.0 Å². The largest absolute Gasteiger partial charge is 0.493 e. The van der Waals surface area contributed by atoms with E-state index >= 15 is 0 Å². The first-order valence-corrected chi connectivity index (χ1v) is 8.85. The van der Waals surface area contributed by atoms with Crippen molar-refractivity contribution >= 4 is 11.9 Å². The van der Waals surface area contributed by atoms with Gasteiger partial charge in [-0.2, -0.15) is 0 Å². The van der Waals surface area contributed by atoms with Crippen molar-refractivity contribution in [1.29, 1.82) is 0 Å². The molecule has 6 heteroatoms. The predicted octanol–water partition coefficient (Wildman–Crippen LogP) is 4.14. The zero-order chi connectivity index (χ0) is 19.4. The topological polar surface area (TPSA) is 71.1 Å². The molecule has 0 fully saturated rings. The molecule has 0 atom stereocenters. The molecular weight excluding hydrogens is 348 g/mol. The van der Waals surface area contributed by atoms with Gasteiger partial charge in [0.15, 0.2) is 11.5 Å². The van der Waals surface area contributed by atoms with Crippen LogP contribution >= 0.6 is 0 Å². The molecule has 1 aliphatic heterocycles. The first kappa shape index (κ1) is 18.8. The maximum Gasteiger partial charge on any atom is 0.338 e. The molecule has 0 spiro atoms. The average Bonchev–Trinajstić information content (AvgIpc) is 3.07. The Kier molecular flexibility index (Phi) is 5.64. The second kappa shape index (κ2) is 8.12. The van der Waals surface area contributed by atoms with Gasteiger partial charge in [0.05, 0.1) is 19.8 Å². The SMILES string of the molecule is CCCCC(=O)Oc1c(-c2cccc3c2COC3=O)ccc(OC)c1OC. The molecule has 142 valence electrons. The highest BCUT2D eigenvalue weighted by atomic mass is 16.6. The molecule has 3 rings (SSSR count). The van der Waals surface area contributed by atoms with Gasteiger partial charge in [0.1, 0.15) is 6.61 Å². The van der Waals surface area contributed by atoms with Gasteiger partial charge >= 0.3 is 11.9 Å². The van der Waals surface area contributed by atoms with Gasteiger partial charge in [0, 0.05) is 17.5 Å². The van der Waals surface area contributed by atoms with Crippen LogP contribution < -0.4 is 14.2 Å². The third kappa shape index (κ3) is 3.60. The van der Waals surface area contributed by atoms with Crippen molar-refractivity contribution in [3.8, 4) is 28.4 Å². The molecule has 1 aliphatic rings. The molecule has 0 aromatic heterocycles. The zero-order valence-corrected chi connectivity index (χ0v) is 15.7. The molecule has 27 heavy (non-hydrogen) atoms. The number of fused-ring (bicyclic) bond motifs is 1. The maximum atomic E-state index is 12.3. The third-order valence-electron chi connectivity index (χ3n) is 4.48. The first-order valence-electron chi connectivity index (χ1n) is 8.85. The quantitative estimate of drug-likeness (QED) is 0.539. The monoisotopic (exact) mass is 370 g/mol. The minimum absolute atomic E-state index is 0.182. The fourth-order valence-electron chi connectivity index (χ4n) is 3.10. The molecule has 0 aliphatic carbocycles. The summed E-state index contributed by atoms with van der Waals surface area (Å²) in [4.78, 5) is 24.2. The Morgan fingerprint density at radius 2 is 1.81 bits per heavy atom. The van der Waals surface area contributed by atoms with Crippen molar-refractivity contribution in [2.75, 3.05) is 14.2 Å². The van der Waals surface area contributed by atoms with Gasteiger partial charge in [0.2, 0.25) is 5.75 Å². The fraction of sp³-hybridized carbons (Fsp3) is 0.333. The van der Waals surface area contributed by atoms with E-state index in [-0.39, 0.29) is 24.3 Å². The second-order valence-electron chi connectivity index (χ2n) is 6.16. The summed E-state index contributed by atoms with van der Waals surface area (Å²) in [5.41, 5.74) is 2.69. The van der Waals surface area contributed by atoms with Crippen LogP contribution in [0.15, 0.2) is 30.3 Å². The van der Waals surface area contributed by atoms with Gasteiger partial charge in [-0.25, -0.2) is 4.79 Å². The summed E-state index contributed by atoms with van der Waals surface area (Å²) in [6.07, 6.45) is 1.94. The molecule has 2 aromatic rings. The predicted molar refractivity (Wildman–Crippen MR) is 99.3 cm³/mol. The van der Waals surface area contributed by atoms with Crippen LogP contribution in [-0.2, 0) is 16.1 Å². The Morgan fingerprint density at radius 3 is 2.52 bits per heavy atom. The van der Waals surface area contributed by atoms with Crippen molar-refractivity contribution in [3.63, 3.8) is 0 Å². The van der Waals surface area contributed by atoms with Crippen molar-refractivity contribution in [2.24, 2.45) is 0 Å². The molecule has 0 saturated heterocycles. The molecular formula is C21H22O6. The Morgan fingerprint density at radius 1 is 1.04 bits per heavy atom. The van der Waals surface area contributed by atoms with E-state index in [2.05, 4.69) is 0 Å². The smallest absolute Gasteiger partial charge is 0.338 e. The van der Waals surface area contributed by atoms with Crippen LogP contribution in [0.1, 0.15) is 42.1 Å². The molecule has 6 nitrogen and oxygen atoms in total. The lowest BCUT2D eigenvalue weighted by atomic mass is 9.95. The lowest BCUT2D eigenvalue weighted by molar-refractivity contribution is -0.134. The van der Waals surface area contributed by atoms with Gasteiger partial charge in [-0.1, -0.05) is 25.5 Å². The van der Waals surface area contributed by atoms with Crippen molar-refractivity contribution < 1.29 is 28.5 Å². The standard InChI is InChI=1S/C21H22O6/c1-4-5-9-18(22)27-19-14(10-11-17(24-2)20(19)25-3)13-7-6-8-15-16(13)12-26-21(15)23/h6-8,10-11H,4-5,9,12H2,1-3H3. The Labute approximate surface area is 158 Å². The van der Waals surface area contributed by atoms with E-state index in [9.17, 15) is 9.59 Å². The minimum atomic E-state index is -0.353. The zero-order valence-electron chi connectivity index (χ0n) is 15.7. The van der Waals surface area contributed by atoms with E-state index in [1.54, 1.807) is 24.3 Å². The summed E-state index contributed by atoms with van der Waals surface area (Å²) >= 11 is 0. The third-order valence-corrected chi connectivity index (χ3v) is 4.48. The van der Waals surface area contributed by atoms with Crippen LogP contribution in [0.5, 0.6) is 17.2 Å². The number of benzene rings is 2. The normalized spacial score (nSPS) is 12.3. The summed E-state index contributed by atoms with van der Waals surface area (Å²) in [5, 5.41) is 0. The molecule has 0 saturated carbocycles. The van der Waals surface area contributed by atoms with E-state index < -0.39 is 0 Å². The van der Waals surface area contributed by atoms with E-state index in [1.165, 1.54) is 14.2 Å². The average molecular weight is 370 g/mol. The van der Waals surface area contributed by atoms with Crippen LogP contribution in [0.25, 0.3) is 11.1 Å². The summed E-state index contributed by atoms with van der Waals surface area (Å²) < 4.78 is 21.7. The van der Waals surface area contributed by atoms with Crippen molar-refractivity contribution in [3.05, 3.63) is 41.5 Å². The summed E-state index contributed by atoms with van der Waals surface area (Å²) in [5.74, 6) is 0.381. The van der Waals surface area contributed by atoms with Gasteiger partial charge in [-0.15, -0.1) is 0 Å². The highest BCUT2D eigenvalue weighted by Gasteiger charge is 2.27. The molecule has 0 amide bonds. The van der Waals surface area contributed by atoms with E-state index in [0.717, 1.165) is 24.0 Å². The lowest BCUT2D eigenvalue weighted by Crippen LogP contribution is -2.10. The first-order chi connectivity index (χ1) is 13.1. The number of cyclic esters (lactones) is 1. The Balaban J connectivity index is 2.13. The molecule has 0 bridgehead atoms.